The zero-order chi connectivity index (χ0) is 20.5. The van der Waals surface area contributed by atoms with Crippen molar-refractivity contribution >= 4 is 17.6 Å². The minimum atomic E-state index is -1.05. The predicted octanol–water partition coefficient (Wildman–Crippen LogP) is 3.82. The molecule has 29 heavy (non-hydrogen) atoms. The minimum Gasteiger partial charge on any atom is -0.480 e. The number of hydrogen-bond acceptors (Lipinski definition) is 4. The Balaban J connectivity index is 1.73. The maximum Gasteiger partial charge on any atom is 0.326 e. The van der Waals surface area contributed by atoms with Crippen molar-refractivity contribution < 1.29 is 19.4 Å². The lowest BCUT2D eigenvalue weighted by atomic mass is 9.92. The highest BCUT2D eigenvalue weighted by Crippen LogP contribution is 2.33. The van der Waals surface area contributed by atoms with Crippen LogP contribution in [0.5, 0.6) is 0 Å². The second-order valence-corrected chi connectivity index (χ2v) is 8.23. The molecule has 1 aromatic heterocycles. The van der Waals surface area contributed by atoms with Crippen molar-refractivity contribution in [2.45, 2.75) is 57.5 Å². The number of pyridine rings is 1. The van der Waals surface area contributed by atoms with Crippen LogP contribution in [0.25, 0.3) is 11.1 Å². The highest BCUT2D eigenvalue weighted by atomic mass is 35.5. The van der Waals surface area contributed by atoms with Gasteiger partial charge in [0.2, 0.25) is 0 Å². The molecule has 1 aromatic carbocycles. The van der Waals surface area contributed by atoms with Crippen molar-refractivity contribution in [3.8, 4) is 11.1 Å². The first-order valence-corrected chi connectivity index (χ1v) is 10.3. The zero-order valence-corrected chi connectivity index (χ0v) is 17.0. The average molecular weight is 418 g/mol. The molecule has 7 heteroatoms. The molecular formula is C22H24ClNO5. The van der Waals surface area contributed by atoms with E-state index in [1.807, 2.05) is 25.1 Å². The summed E-state index contributed by atoms with van der Waals surface area (Å²) in [4.78, 5) is 24.8. The van der Waals surface area contributed by atoms with Crippen molar-refractivity contribution in [2.24, 2.45) is 0 Å². The molecule has 0 bridgehead atoms. The van der Waals surface area contributed by atoms with Gasteiger partial charge in [-0.05, 0) is 55.0 Å². The summed E-state index contributed by atoms with van der Waals surface area (Å²) in [5.74, 6) is -1.05. The first-order valence-electron chi connectivity index (χ1n) is 9.92. The summed E-state index contributed by atoms with van der Waals surface area (Å²) in [6, 6.07) is 6.16. The maximum atomic E-state index is 12.9. The smallest absolute Gasteiger partial charge is 0.326 e. The zero-order valence-electron chi connectivity index (χ0n) is 16.3. The molecule has 6 nitrogen and oxygen atoms in total. The van der Waals surface area contributed by atoms with Crippen molar-refractivity contribution in [3.63, 3.8) is 0 Å². The number of carbonyl (C=O) groups is 1. The molecule has 1 aliphatic heterocycles. The van der Waals surface area contributed by atoms with Gasteiger partial charge in [-0.1, -0.05) is 17.7 Å². The van der Waals surface area contributed by atoms with Crippen molar-refractivity contribution in [1.29, 1.82) is 0 Å². The van der Waals surface area contributed by atoms with Crippen molar-refractivity contribution in [2.75, 3.05) is 6.61 Å². The van der Waals surface area contributed by atoms with Gasteiger partial charge in [0.15, 0.2) is 0 Å². The Labute approximate surface area is 174 Å². The van der Waals surface area contributed by atoms with Crippen molar-refractivity contribution in [3.05, 3.63) is 57.0 Å². The van der Waals surface area contributed by atoms with Gasteiger partial charge in [-0.2, -0.15) is 0 Å². The first kappa shape index (κ1) is 20.1. The van der Waals surface area contributed by atoms with Crippen LogP contribution in [0.1, 0.15) is 43.4 Å². The third-order valence-corrected chi connectivity index (χ3v) is 5.68. The molecule has 1 N–H and O–H groups in total. The van der Waals surface area contributed by atoms with E-state index in [0.29, 0.717) is 24.7 Å². The van der Waals surface area contributed by atoms with Crippen LogP contribution in [-0.2, 0) is 27.3 Å². The number of benzene rings is 1. The fraction of sp³-hybridized carbons (Fsp3) is 0.455. The molecule has 0 saturated heterocycles. The van der Waals surface area contributed by atoms with Crippen LogP contribution < -0.4 is 5.56 Å². The van der Waals surface area contributed by atoms with Gasteiger partial charge in [-0.25, -0.2) is 4.79 Å². The number of ether oxygens (including phenoxy) is 2. The number of halogens is 1. The van der Waals surface area contributed by atoms with Crippen molar-refractivity contribution in [1.82, 2.24) is 4.57 Å². The van der Waals surface area contributed by atoms with Crippen LogP contribution >= 0.6 is 11.6 Å². The van der Waals surface area contributed by atoms with Crippen LogP contribution in [0.3, 0.4) is 0 Å². The Morgan fingerprint density at radius 1 is 1.31 bits per heavy atom. The van der Waals surface area contributed by atoms with E-state index in [9.17, 15) is 14.7 Å². The summed E-state index contributed by atoms with van der Waals surface area (Å²) >= 11 is 6.22. The average Bonchev–Trinajstić information content (AvgIpc) is 3.49. The molecule has 2 unspecified atom stereocenters. The lowest BCUT2D eigenvalue weighted by Gasteiger charge is -2.24. The first-order chi connectivity index (χ1) is 13.9. The predicted molar refractivity (Wildman–Crippen MR) is 109 cm³/mol. The summed E-state index contributed by atoms with van der Waals surface area (Å²) in [5.41, 5.74) is 3.11. The lowest BCUT2D eigenvalue weighted by Crippen LogP contribution is -2.31. The highest BCUT2D eigenvalue weighted by molar-refractivity contribution is 6.30. The van der Waals surface area contributed by atoms with Crippen LogP contribution in [0.2, 0.25) is 5.02 Å². The normalized spacial score (nSPS) is 19.6. The fourth-order valence-electron chi connectivity index (χ4n) is 3.74. The van der Waals surface area contributed by atoms with E-state index in [0.717, 1.165) is 35.1 Å². The summed E-state index contributed by atoms with van der Waals surface area (Å²) in [7, 11) is 0. The Kier molecular flexibility index (Phi) is 5.76. The van der Waals surface area contributed by atoms with E-state index < -0.39 is 12.0 Å². The standard InChI is InChI=1S/C22H24ClNO5/c1-13-8-14-2-3-16(23)9-18(14)19-10-21(25)24(11-15(19)12-29-13)20(22(26)27)6-7-28-17-4-5-17/h2-3,9-11,13,17,20H,4-8,12H2,1H3,(H,26,27). The van der Waals surface area contributed by atoms with Gasteiger partial charge in [0.05, 0.1) is 18.8 Å². The quantitative estimate of drug-likeness (QED) is 0.772. The number of fused-ring (bicyclic) bond motifs is 3. The number of aromatic nitrogens is 1. The van der Waals surface area contributed by atoms with E-state index in [-0.39, 0.29) is 24.2 Å². The summed E-state index contributed by atoms with van der Waals surface area (Å²) < 4.78 is 12.8. The molecule has 0 amide bonds. The summed E-state index contributed by atoms with van der Waals surface area (Å²) in [6.07, 6.45) is 4.85. The minimum absolute atomic E-state index is 0.00864. The lowest BCUT2D eigenvalue weighted by molar-refractivity contribution is -0.141. The second kappa shape index (κ2) is 8.30. The molecule has 2 aliphatic rings. The van der Waals surface area contributed by atoms with Crippen LogP contribution in [0.4, 0.5) is 0 Å². The number of aliphatic carboxylic acids is 1. The monoisotopic (exact) mass is 417 g/mol. The molecule has 0 spiro atoms. The third kappa shape index (κ3) is 4.55. The molecule has 4 rings (SSSR count). The number of carboxylic acids is 1. The molecule has 0 radical (unpaired) electrons. The molecule has 2 heterocycles. The van der Waals surface area contributed by atoms with E-state index >= 15 is 0 Å². The molecular weight excluding hydrogens is 394 g/mol. The second-order valence-electron chi connectivity index (χ2n) is 7.80. The maximum absolute atomic E-state index is 12.9. The summed E-state index contributed by atoms with van der Waals surface area (Å²) in [5, 5.41) is 10.3. The van der Waals surface area contributed by atoms with Crippen LogP contribution in [0.15, 0.2) is 35.3 Å². The molecule has 1 aliphatic carbocycles. The van der Waals surface area contributed by atoms with E-state index in [1.54, 1.807) is 6.20 Å². The van der Waals surface area contributed by atoms with Gasteiger partial charge < -0.3 is 19.1 Å². The van der Waals surface area contributed by atoms with Crippen LogP contribution in [0, 0.1) is 0 Å². The Hall–Kier alpha value is -2.15. The summed E-state index contributed by atoms with van der Waals surface area (Å²) in [6.45, 7) is 2.61. The van der Waals surface area contributed by atoms with Gasteiger partial charge in [0.25, 0.3) is 5.56 Å². The van der Waals surface area contributed by atoms with Gasteiger partial charge in [-0.15, -0.1) is 0 Å². The van der Waals surface area contributed by atoms with E-state index in [1.165, 1.54) is 10.6 Å². The largest absolute Gasteiger partial charge is 0.480 e. The highest BCUT2D eigenvalue weighted by Gasteiger charge is 2.26. The number of hydrogen-bond donors (Lipinski definition) is 1. The van der Waals surface area contributed by atoms with E-state index in [2.05, 4.69) is 0 Å². The van der Waals surface area contributed by atoms with Gasteiger partial charge in [0.1, 0.15) is 6.04 Å². The topological polar surface area (TPSA) is 77.8 Å². The van der Waals surface area contributed by atoms with Gasteiger partial charge in [-0.3, -0.25) is 4.79 Å². The molecule has 2 aromatic rings. The SMILES string of the molecule is CC1Cc2ccc(Cl)cc2-c2cc(=O)n(C(CCOC3CC3)C(=O)O)cc2CO1. The third-order valence-electron chi connectivity index (χ3n) is 5.45. The van der Waals surface area contributed by atoms with Crippen LogP contribution in [-0.4, -0.2) is 34.5 Å². The Morgan fingerprint density at radius 3 is 2.79 bits per heavy atom. The molecule has 2 atom stereocenters. The van der Waals surface area contributed by atoms with Gasteiger partial charge >= 0.3 is 5.97 Å². The number of nitrogens with zero attached hydrogens (tertiary/aromatic N) is 1. The van der Waals surface area contributed by atoms with Gasteiger partial charge in [0, 0.05) is 35.9 Å². The molecule has 154 valence electrons. The molecule has 1 fully saturated rings. The molecule has 1 saturated carbocycles. The Bertz CT molecular complexity index is 982. The Morgan fingerprint density at radius 2 is 2.07 bits per heavy atom. The fourth-order valence-corrected chi connectivity index (χ4v) is 3.91. The van der Waals surface area contributed by atoms with E-state index in [4.69, 9.17) is 21.1 Å². The number of carboxylic acid groups (broad SMARTS) is 1. The number of rotatable bonds is 6.